The molecule has 0 saturated heterocycles. The molecule has 0 atom stereocenters. The SMILES string of the molecule is c1ccc(-c2cccc(-c3c4ccccc4c(-c4cc(-c5cccc6ccccc56)cc5ccccc45)c4ccccc34)c2)cc1. The quantitative estimate of drug-likeness (QED) is 0.181. The van der Waals surface area contributed by atoms with Gasteiger partial charge in [0.1, 0.15) is 0 Å². The van der Waals surface area contributed by atoms with E-state index in [1.54, 1.807) is 0 Å². The van der Waals surface area contributed by atoms with Gasteiger partial charge in [0.2, 0.25) is 0 Å². The van der Waals surface area contributed by atoms with Crippen molar-refractivity contribution in [3.63, 3.8) is 0 Å². The molecule has 0 aromatic heterocycles. The lowest BCUT2D eigenvalue weighted by molar-refractivity contribution is 1.61. The van der Waals surface area contributed by atoms with Crippen LogP contribution in [0.15, 0.2) is 182 Å². The number of hydrogen-bond donors (Lipinski definition) is 0. The first-order valence-corrected chi connectivity index (χ1v) is 15.9. The maximum Gasteiger partial charge on any atom is -0.00199 e. The average Bonchev–Trinajstić information content (AvgIpc) is 3.13. The van der Waals surface area contributed by atoms with Gasteiger partial charge in [-0.3, -0.25) is 0 Å². The van der Waals surface area contributed by atoms with E-state index in [4.69, 9.17) is 0 Å². The Bertz CT molecular complexity index is 2510. The highest BCUT2D eigenvalue weighted by atomic mass is 14.2. The van der Waals surface area contributed by atoms with Crippen molar-refractivity contribution in [2.75, 3.05) is 0 Å². The van der Waals surface area contributed by atoms with Crippen LogP contribution in [0.4, 0.5) is 0 Å². The summed E-state index contributed by atoms with van der Waals surface area (Å²) in [7, 11) is 0. The highest BCUT2D eigenvalue weighted by Gasteiger charge is 2.19. The van der Waals surface area contributed by atoms with Crippen molar-refractivity contribution in [3.05, 3.63) is 182 Å². The Morgan fingerprint density at radius 3 is 1.39 bits per heavy atom. The van der Waals surface area contributed by atoms with Crippen molar-refractivity contribution in [1.29, 1.82) is 0 Å². The van der Waals surface area contributed by atoms with E-state index in [2.05, 4.69) is 182 Å². The second kappa shape index (κ2) is 10.9. The second-order valence-corrected chi connectivity index (χ2v) is 12.1. The predicted molar refractivity (Wildman–Crippen MR) is 198 cm³/mol. The molecule has 9 aromatic rings. The summed E-state index contributed by atoms with van der Waals surface area (Å²) in [6, 6.07) is 66.6. The molecule has 0 amide bonds. The van der Waals surface area contributed by atoms with Crippen molar-refractivity contribution >= 4 is 43.1 Å². The monoisotopic (exact) mass is 582 g/mol. The molecular weight excluding hydrogens is 553 g/mol. The van der Waals surface area contributed by atoms with Gasteiger partial charge in [0.05, 0.1) is 0 Å². The number of fused-ring (bicyclic) bond motifs is 4. The molecule has 0 aliphatic heterocycles. The molecule has 214 valence electrons. The van der Waals surface area contributed by atoms with E-state index in [-0.39, 0.29) is 0 Å². The van der Waals surface area contributed by atoms with Crippen LogP contribution < -0.4 is 0 Å². The molecule has 9 rings (SSSR count). The highest BCUT2D eigenvalue weighted by molar-refractivity contribution is 6.24. The summed E-state index contributed by atoms with van der Waals surface area (Å²) >= 11 is 0. The van der Waals surface area contributed by atoms with Crippen LogP contribution in [-0.2, 0) is 0 Å². The lowest BCUT2D eigenvalue weighted by Crippen LogP contribution is -1.93. The van der Waals surface area contributed by atoms with Crippen molar-refractivity contribution in [2.45, 2.75) is 0 Å². The Morgan fingerprint density at radius 1 is 0.217 bits per heavy atom. The first kappa shape index (κ1) is 26.4. The molecule has 0 saturated carbocycles. The molecule has 0 spiro atoms. The summed E-state index contributed by atoms with van der Waals surface area (Å²) in [5.74, 6) is 0. The first-order chi connectivity index (χ1) is 22.8. The van der Waals surface area contributed by atoms with Crippen LogP contribution >= 0.6 is 0 Å². The first-order valence-electron chi connectivity index (χ1n) is 15.9. The van der Waals surface area contributed by atoms with E-state index in [1.807, 2.05) is 0 Å². The maximum absolute atomic E-state index is 2.42. The standard InChI is InChI=1S/C46H30/c1-2-14-31(15-3-1)33-19-12-20-35(28-33)45-40-23-8-10-25-42(40)46(43-26-11-9-24-41(43)45)44-30-36(29-34-17-5-7-22-38(34)44)39-27-13-18-32-16-4-6-21-37(32)39/h1-30H. The van der Waals surface area contributed by atoms with Crippen molar-refractivity contribution in [1.82, 2.24) is 0 Å². The van der Waals surface area contributed by atoms with Gasteiger partial charge in [-0.05, 0) is 106 Å². The minimum absolute atomic E-state index is 1.23. The van der Waals surface area contributed by atoms with Crippen LogP contribution in [0, 0.1) is 0 Å². The van der Waals surface area contributed by atoms with Gasteiger partial charge < -0.3 is 0 Å². The summed E-state index contributed by atoms with van der Waals surface area (Å²) < 4.78 is 0. The molecule has 9 aromatic carbocycles. The Labute approximate surface area is 268 Å². The number of hydrogen-bond acceptors (Lipinski definition) is 0. The van der Waals surface area contributed by atoms with Gasteiger partial charge in [0.15, 0.2) is 0 Å². The van der Waals surface area contributed by atoms with E-state index in [0.717, 1.165) is 0 Å². The van der Waals surface area contributed by atoms with Gasteiger partial charge in [0, 0.05) is 0 Å². The minimum atomic E-state index is 1.23. The third kappa shape index (κ3) is 4.30. The van der Waals surface area contributed by atoms with E-state index < -0.39 is 0 Å². The van der Waals surface area contributed by atoms with E-state index >= 15 is 0 Å². The average molecular weight is 583 g/mol. The normalized spacial score (nSPS) is 11.5. The van der Waals surface area contributed by atoms with E-state index in [9.17, 15) is 0 Å². The fraction of sp³-hybridized carbons (Fsp3) is 0. The molecule has 0 radical (unpaired) electrons. The van der Waals surface area contributed by atoms with E-state index in [0.29, 0.717) is 0 Å². The van der Waals surface area contributed by atoms with Gasteiger partial charge in [-0.1, -0.05) is 164 Å². The summed E-state index contributed by atoms with van der Waals surface area (Å²) in [5, 5.41) is 10.1. The minimum Gasteiger partial charge on any atom is -0.0622 e. The molecule has 46 heavy (non-hydrogen) atoms. The molecule has 0 nitrogen and oxygen atoms in total. The lowest BCUT2D eigenvalue weighted by atomic mass is 9.83. The Balaban J connectivity index is 1.37. The third-order valence-corrected chi connectivity index (χ3v) is 9.42. The van der Waals surface area contributed by atoms with Gasteiger partial charge in [-0.2, -0.15) is 0 Å². The molecule has 0 fully saturated rings. The summed E-state index contributed by atoms with van der Waals surface area (Å²) in [6.07, 6.45) is 0. The Hall–Kier alpha value is -5.98. The van der Waals surface area contributed by atoms with Crippen LogP contribution in [0.2, 0.25) is 0 Å². The van der Waals surface area contributed by atoms with Crippen LogP contribution in [0.25, 0.3) is 87.6 Å². The molecule has 0 heteroatoms. The maximum atomic E-state index is 2.42. The largest absolute Gasteiger partial charge is 0.0622 e. The second-order valence-electron chi connectivity index (χ2n) is 12.1. The van der Waals surface area contributed by atoms with Crippen LogP contribution in [0.3, 0.4) is 0 Å². The molecule has 0 N–H and O–H groups in total. The topological polar surface area (TPSA) is 0 Å². The molecule has 0 aliphatic carbocycles. The fourth-order valence-electron chi connectivity index (χ4n) is 7.36. The predicted octanol–water partition coefficient (Wildman–Crippen LogP) is 13.0. The number of benzene rings is 9. The smallest absolute Gasteiger partial charge is 0.00199 e. The molecule has 0 unspecified atom stereocenters. The fourth-order valence-corrected chi connectivity index (χ4v) is 7.36. The molecular formula is C46H30. The Morgan fingerprint density at radius 2 is 0.696 bits per heavy atom. The van der Waals surface area contributed by atoms with Crippen LogP contribution in [0.1, 0.15) is 0 Å². The summed E-state index contributed by atoms with van der Waals surface area (Å²) in [4.78, 5) is 0. The van der Waals surface area contributed by atoms with Gasteiger partial charge in [0.25, 0.3) is 0 Å². The zero-order valence-electron chi connectivity index (χ0n) is 25.3. The van der Waals surface area contributed by atoms with Crippen molar-refractivity contribution in [3.8, 4) is 44.5 Å². The van der Waals surface area contributed by atoms with Gasteiger partial charge >= 0.3 is 0 Å². The lowest BCUT2D eigenvalue weighted by Gasteiger charge is -2.20. The number of rotatable bonds is 4. The van der Waals surface area contributed by atoms with Crippen molar-refractivity contribution < 1.29 is 0 Å². The zero-order valence-corrected chi connectivity index (χ0v) is 25.3. The van der Waals surface area contributed by atoms with E-state index in [1.165, 1.54) is 87.6 Å². The zero-order chi connectivity index (χ0) is 30.5. The molecule has 0 heterocycles. The van der Waals surface area contributed by atoms with Crippen molar-refractivity contribution in [2.24, 2.45) is 0 Å². The van der Waals surface area contributed by atoms with Gasteiger partial charge in [-0.15, -0.1) is 0 Å². The third-order valence-electron chi connectivity index (χ3n) is 9.42. The van der Waals surface area contributed by atoms with Gasteiger partial charge in [-0.25, -0.2) is 0 Å². The van der Waals surface area contributed by atoms with Crippen LogP contribution in [-0.4, -0.2) is 0 Å². The van der Waals surface area contributed by atoms with Crippen LogP contribution in [0.5, 0.6) is 0 Å². The highest BCUT2D eigenvalue weighted by Crippen LogP contribution is 2.47. The Kier molecular flexibility index (Phi) is 6.25. The molecule has 0 bridgehead atoms. The summed E-state index contributed by atoms with van der Waals surface area (Å²) in [5.41, 5.74) is 10.0. The summed E-state index contributed by atoms with van der Waals surface area (Å²) in [6.45, 7) is 0. The molecule has 0 aliphatic rings.